The minimum atomic E-state index is -2.99. The monoisotopic (exact) mass is 287 g/mol. The van der Waals surface area contributed by atoms with Gasteiger partial charge in [0, 0.05) is 19.8 Å². The lowest BCUT2D eigenvalue weighted by molar-refractivity contribution is 0.307. The van der Waals surface area contributed by atoms with Crippen molar-refractivity contribution in [1.29, 1.82) is 0 Å². The Kier molecular flexibility index (Phi) is 5.41. The molecule has 0 aliphatic carbocycles. The Labute approximate surface area is 114 Å². The van der Waals surface area contributed by atoms with Crippen LogP contribution in [0.5, 0.6) is 5.88 Å². The van der Waals surface area contributed by atoms with Gasteiger partial charge in [0.15, 0.2) is 0 Å². The van der Waals surface area contributed by atoms with E-state index in [2.05, 4.69) is 4.98 Å². The summed E-state index contributed by atoms with van der Waals surface area (Å²) in [4.78, 5) is 6.06. The zero-order valence-corrected chi connectivity index (χ0v) is 12.4. The Morgan fingerprint density at radius 2 is 2.11 bits per heavy atom. The molecule has 2 N–H and O–H groups in total. The topological polar surface area (TPSA) is 85.5 Å². The quantitative estimate of drug-likeness (QED) is 0.803. The maximum Gasteiger partial charge on any atom is 0.239 e. The Bertz CT molecular complexity index is 517. The molecule has 0 amide bonds. The normalized spacial score (nSPS) is 11.3. The van der Waals surface area contributed by atoms with E-state index >= 15 is 0 Å². The molecular weight excluding hydrogens is 266 g/mol. The van der Waals surface area contributed by atoms with Crippen molar-refractivity contribution in [3.63, 3.8) is 0 Å². The van der Waals surface area contributed by atoms with Gasteiger partial charge in [-0.05, 0) is 18.6 Å². The van der Waals surface area contributed by atoms with Crippen molar-refractivity contribution in [2.24, 2.45) is 0 Å². The first-order valence-corrected chi connectivity index (χ1v) is 8.17. The highest BCUT2D eigenvalue weighted by Gasteiger charge is 2.10. The zero-order chi connectivity index (χ0) is 14.5. The van der Waals surface area contributed by atoms with Crippen LogP contribution in [0.15, 0.2) is 12.1 Å². The average Bonchev–Trinajstić information content (AvgIpc) is 2.34. The maximum atomic E-state index is 11.1. The lowest BCUT2D eigenvalue weighted by Gasteiger charge is -2.18. The predicted molar refractivity (Wildman–Crippen MR) is 77.4 cm³/mol. The van der Waals surface area contributed by atoms with Crippen molar-refractivity contribution in [3.05, 3.63) is 12.1 Å². The molecule has 0 aliphatic rings. The standard InChI is InChI=1S/C12H21N3O3S/c1-4-8-18-12-10(13)5-6-11(14-12)15(2)7-9-19(3,16)17/h5-6H,4,7-9,13H2,1-3H3. The van der Waals surface area contributed by atoms with Gasteiger partial charge < -0.3 is 15.4 Å². The summed E-state index contributed by atoms with van der Waals surface area (Å²) in [5.41, 5.74) is 6.25. The molecule has 1 aromatic rings. The molecular formula is C12H21N3O3S. The molecule has 1 aromatic heterocycles. The summed E-state index contributed by atoms with van der Waals surface area (Å²) in [5.74, 6) is 1.12. The molecule has 1 heterocycles. The zero-order valence-electron chi connectivity index (χ0n) is 11.6. The lowest BCUT2D eigenvalue weighted by Crippen LogP contribution is -2.25. The minimum absolute atomic E-state index is 0.0840. The largest absolute Gasteiger partial charge is 0.476 e. The number of hydrogen-bond donors (Lipinski definition) is 1. The molecule has 0 aromatic carbocycles. The molecule has 0 aliphatic heterocycles. The molecule has 0 unspecified atom stereocenters. The van der Waals surface area contributed by atoms with Crippen molar-refractivity contribution in [2.45, 2.75) is 13.3 Å². The smallest absolute Gasteiger partial charge is 0.239 e. The first-order valence-electron chi connectivity index (χ1n) is 6.11. The van der Waals surface area contributed by atoms with Crippen LogP contribution in [-0.2, 0) is 9.84 Å². The number of nitrogens with zero attached hydrogens (tertiary/aromatic N) is 2. The molecule has 19 heavy (non-hydrogen) atoms. The molecule has 0 saturated carbocycles. The van der Waals surface area contributed by atoms with Crippen molar-refractivity contribution >= 4 is 21.3 Å². The second-order valence-electron chi connectivity index (χ2n) is 4.46. The van der Waals surface area contributed by atoms with Gasteiger partial charge in [0.25, 0.3) is 0 Å². The van der Waals surface area contributed by atoms with Gasteiger partial charge in [0.2, 0.25) is 5.88 Å². The van der Waals surface area contributed by atoms with E-state index in [1.807, 2.05) is 6.92 Å². The van der Waals surface area contributed by atoms with E-state index in [4.69, 9.17) is 10.5 Å². The summed E-state index contributed by atoms with van der Waals surface area (Å²) in [7, 11) is -1.20. The summed E-state index contributed by atoms with van der Waals surface area (Å²) in [6.07, 6.45) is 2.09. The van der Waals surface area contributed by atoms with E-state index in [0.29, 0.717) is 30.5 Å². The van der Waals surface area contributed by atoms with Crippen LogP contribution in [0.4, 0.5) is 11.5 Å². The van der Waals surface area contributed by atoms with Crippen LogP contribution in [0.25, 0.3) is 0 Å². The molecule has 0 saturated heterocycles. The highest BCUT2D eigenvalue weighted by molar-refractivity contribution is 7.90. The predicted octanol–water partition coefficient (Wildman–Crippen LogP) is 0.933. The van der Waals surface area contributed by atoms with Crippen molar-refractivity contribution < 1.29 is 13.2 Å². The van der Waals surface area contributed by atoms with E-state index < -0.39 is 9.84 Å². The fraction of sp³-hybridized carbons (Fsp3) is 0.583. The maximum absolute atomic E-state index is 11.1. The molecule has 108 valence electrons. The van der Waals surface area contributed by atoms with E-state index in [-0.39, 0.29) is 5.75 Å². The number of pyridine rings is 1. The van der Waals surface area contributed by atoms with Gasteiger partial charge >= 0.3 is 0 Å². The van der Waals surface area contributed by atoms with Crippen LogP contribution in [0.2, 0.25) is 0 Å². The summed E-state index contributed by atoms with van der Waals surface area (Å²) in [6.45, 7) is 2.93. The molecule has 7 heteroatoms. The second-order valence-corrected chi connectivity index (χ2v) is 6.72. The Morgan fingerprint density at radius 3 is 2.68 bits per heavy atom. The number of sulfone groups is 1. The molecule has 0 fully saturated rings. The van der Waals surface area contributed by atoms with Crippen LogP contribution in [0, 0.1) is 0 Å². The van der Waals surface area contributed by atoms with Crippen molar-refractivity contribution in [3.8, 4) is 5.88 Å². The molecule has 1 rings (SSSR count). The molecule has 0 spiro atoms. The number of rotatable bonds is 7. The Hall–Kier alpha value is -1.50. The third kappa shape index (κ3) is 5.34. The van der Waals surface area contributed by atoms with E-state index in [9.17, 15) is 8.42 Å². The number of nitrogens with two attached hydrogens (primary N) is 1. The summed E-state index contributed by atoms with van der Waals surface area (Å²) >= 11 is 0. The van der Waals surface area contributed by atoms with Crippen LogP contribution in [0.3, 0.4) is 0 Å². The molecule has 0 atom stereocenters. The molecule has 6 nitrogen and oxygen atoms in total. The fourth-order valence-electron chi connectivity index (χ4n) is 1.39. The van der Waals surface area contributed by atoms with Gasteiger partial charge in [-0.2, -0.15) is 4.98 Å². The van der Waals surface area contributed by atoms with E-state index in [1.54, 1.807) is 24.1 Å². The van der Waals surface area contributed by atoms with Crippen LogP contribution in [-0.4, -0.2) is 45.6 Å². The van der Waals surface area contributed by atoms with Crippen molar-refractivity contribution in [1.82, 2.24) is 4.98 Å². The third-order valence-corrected chi connectivity index (χ3v) is 3.43. The Balaban J connectivity index is 2.77. The van der Waals surface area contributed by atoms with Crippen LogP contribution < -0.4 is 15.4 Å². The lowest BCUT2D eigenvalue weighted by atomic mass is 10.4. The first kappa shape index (κ1) is 15.6. The van der Waals surface area contributed by atoms with Gasteiger partial charge in [-0.25, -0.2) is 8.42 Å². The Morgan fingerprint density at radius 1 is 1.42 bits per heavy atom. The van der Waals surface area contributed by atoms with Crippen LogP contribution >= 0.6 is 0 Å². The number of anilines is 2. The highest BCUT2D eigenvalue weighted by Crippen LogP contribution is 2.22. The summed E-state index contributed by atoms with van der Waals surface area (Å²) < 4.78 is 27.7. The first-order chi connectivity index (χ1) is 8.83. The van der Waals surface area contributed by atoms with Gasteiger partial charge in [-0.3, -0.25) is 0 Å². The SMILES string of the molecule is CCCOc1nc(N(C)CCS(C)(=O)=O)ccc1N. The summed E-state index contributed by atoms with van der Waals surface area (Å²) in [5, 5.41) is 0. The van der Waals surface area contributed by atoms with Crippen LogP contribution in [0.1, 0.15) is 13.3 Å². The van der Waals surface area contributed by atoms with Crippen molar-refractivity contribution in [2.75, 3.05) is 42.8 Å². The number of nitrogen functional groups attached to an aromatic ring is 1. The fourth-order valence-corrected chi connectivity index (χ4v) is 1.99. The molecule has 0 radical (unpaired) electrons. The number of aromatic nitrogens is 1. The minimum Gasteiger partial charge on any atom is -0.476 e. The second kappa shape index (κ2) is 6.60. The van der Waals surface area contributed by atoms with Gasteiger partial charge in [-0.1, -0.05) is 6.92 Å². The highest BCUT2D eigenvalue weighted by atomic mass is 32.2. The van der Waals surface area contributed by atoms with E-state index in [1.165, 1.54) is 6.26 Å². The average molecular weight is 287 g/mol. The van der Waals surface area contributed by atoms with Gasteiger partial charge in [0.1, 0.15) is 15.7 Å². The van der Waals surface area contributed by atoms with E-state index in [0.717, 1.165) is 6.42 Å². The van der Waals surface area contributed by atoms with Gasteiger partial charge in [-0.15, -0.1) is 0 Å². The number of ether oxygens (including phenoxy) is 1. The van der Waals surface area contributed by atoms with Gasteiger partial charge in [0.05, 0.1) is 18.0 Å². The molecule has 0 bridgehead atoms. The summed E-state index contributed by atoms with van der Waals surface area (Å²) in [6, 6.07) is 3.46. The number of hydrogen-bond acceptors (Lipinski definition) is 6. The third-order valence-electron chi connectivity index (χ3n) is 2.51.